The normalized spacial score (nSPS) is 39.5. The zero-order chi connectivity index (χ0) is 19.9. The van der Waals surface area contributed by atoms with Crippen LogP contribution in [0.25, 0.3) is 0 Å². The first-order valence-electron chi connectivity index (χ1n) is 12.8. The predicted octanol–water partition coefficient (Wildman–Crippen LogP) is 7.55. The van der Waals surface area contributed by atoms with Gasteiger partial charge in [-0.2, -0.15) is 0 Å². The van der Waals surface area contributed by atoms with Gasteiger partial charge in [0.15, 0.2) is 0 Å². The van der Waals surface area contributed by atoms with Gasteiger partial charge in [0.05, 0.1) is 5.92 Å². The minimum Gasteiger partial charge on any atom is -0.462 e. The molecule has 0 N–H and O–H groups in total. The van der Waals surface area contributed by atoms with Gasteiger partial charge in [-0.3, -0.25) is 4.79 Å². The van der Waals surface area contributed by atoms with E-state index in [0.29, 0.717) is 0 Å². The molecule has 0 aromatic rings. The monoisotopic (exact) mass is 390 g/mol. The SMILES string of the molecule is CCCC1CCC(OC(=O)[C@H]2CC[C@H]([C@@H]3CC[C@H](CCC)C[C@H]3C)CC2)CC1. The number of carbonyl (C=O) groups is 1. The summed E-state index contributed by atoms with van der Waals surface area (Å²) in [6.45, 7) is 7.11. The largest absolute Gasteiger partial charge is 0.462 e. The van der Waals surface area contributed by atoms with Crippen LogP contribution in [-0.2, 0) is 9.53 Å². The summed E-state index contributed by atoms with van der Waals surface area (Å²) in [4.78, 5) is 12.7. The van der Waals surface area contributed by atoms with Crippen LogP contribution < -0.4 is 0 Å². The molecule has 0 aromatic heterocycles. The molecule has 162 valence electrons. The van der Waals surface area contributed by atoms with Crippen LogP contribution in [0.4, 0.5) is 0 Å². The zero-order valence-corrected chi connectivity index (χ0v) is 19.0. The molecule has 0 amide bonds. The Kier molecular flexibility index (Phi) is 8.72. The molecule has 3 aliphatic rings. The van der Waals surface area contributed by atoms with E-state index >= 15 is 0 Å². The van der Waals surface area contributed by atoms with Crippen molar-refractivity contribution in [3.63, 3.8) is 0 Å². The molecule has 0 spiro atoms. The van der Waals surface area contributed by atoms with Crippen LogP contribution in [0.2, 0.25) is 0 Å². The number of rotatable bonds is 7. The lowest BCUT2D eigenvalue weighted by Gasteiger charge is -2.41. The summed E-state index contributed by atoms with van der Waals surface area (Å²) in [5.74, 6) is 4.86. The van der Waals surface area contributed by atoms with Gasteiger partial charge in [-0.1, -0.05) is 52.9 Å². The topological polar surface area (TPSA) is 26.3 Å². The summed E-state index contributed by atoms with van der Waals surface area (Å²) >= 11 is 0. The summed E-state index contributed by atoms with van der Waals surface area (Å²) < 4.78 is 5.96. The Labute approximate surface area is 174 Å². The molecule has 28 heavy (non-hydrogen) atoms. The number of ether oxygens (including phenoxy) is 1. The minimum atomic E-state index is 0.136. The van der Waals surface area contributed by atoms with Gasteiger partial charge in [-0.15, -0.1) is 0 Å². The molecule has 0 saturated heterocycles. The summed E-state index contributed by atoms with van der Waals surface area (Å²) in [6.07, 6.45) is 19.4. The fourth-order valence-corrected chi connectivity index (χ4v) is 6.89. The van der Waals surface area contributed by atoms with Crippen LogP contribution >= 0.6 is 0 Å². The molecule has 3 rings (SSSR count). The molecular formula is C26H46O2. The maximum absolute atomic E-state index is 12.7. The highest BCUT2D eigenvalue weighted by atomic mass is 16.5. The van der Waals surface area contributed by atoms with Crippen molar-refractivity contribution in [2.24, 2.45) is 35.5 Å². The molecular weight excluding hydrogens is 344 g/mol. The molecule has 0 unspecified atom stereocenters. The fourth-order valence-electron chi connectivity index (χ4n) is 6.89. The summed E-state index contributed by atoms with van der Waals surface area (Å²) in [7, 11) is 0. The van der Waals surface area contributed by atoms with Gasteiger partial charge >= 0.3 is 5.97 Å². The molecule has 0 aromatic carbocycles. The van der Waals surface area contributed by atoms with Crippen molar-refractivity contribution in [2.45, 2.75) is 123 Å². The van der Waals surface area contributed by atoms with E-state index in [-0.39, 0.29) is 18.0 Å². The third-order valence-corrected chi connectivity index (χ3v) is 8.53. The van der Waals surface area contributed by atoms with Crippen molar-refractivity contribution in [1.82, 2.24) is 0 Å². The molecule has 2 nitrogen and oxygen atoms in total. The van der Waals surface area contributed by atoms with Crippen molar-refractivity contribution in [1.29, 1.82) is 0 Å². The third kappa shape index (κ3) is 5.99. The molecule has 3 fully saturated rings. The van der Waals surface area contributed by atoms with Gasteiger partial charge in [0.25, 0.3) is 0 Å². The van der Waals surface area contributed by atoms with E-state index in [4.69, 9.17) is 4.74 Å². The van der Waals surface area contributed by atoms with Crippen LogP contribution in [-0.4, -0.2) is 12.1 Å². The van der Waals surface area contributed by atoms with Crippen molar-refractivity contribution in [3.8, 4) is 0 Å². The molecule has 0 aliphatic heterocycles. The second-order valence-corrected chi connectivity index (χ2v) is 10.6. The molecule has 0 radical (unpaired) electrons. The highest BCUT2D eigenvalue weighted by molar-refractivity contribution is 5.72. The smallest absolute Gasteiger partial charge is 0.309 e. The van der Waals surface area contributed by atoms with Gasteiger partial charge in [-0.25, -0.2) is 0 Å². The Balaban J connectivity index is 1.37. The number of hydrogen-bond acceptors (Lipinski definition) is 2. The highest BCUT2D eigenvalue weighted by Crippen LogP contribution is 2.45. The molecule has 3 atom stereocenters. The van der Waals surface area contributed by atoms with Gasteiger partial charge < -0.3 is 4.74 Å². The Bertz CT molecular complexity index is 457. The van der Waals surface area contributed by atoms with Crippen molar-refractivity contribution in [3.05, 3.63) is 0 Å². The standard InChI is InChI=1S/C26H46O2/c1-4-6-20-8-15-24(16-9-20)28-26(27)23-13-11-22(12-14-23)25-17-10-21(7-5-2)18-19(25)3/h19-25H,4-18H2,1-3H3/t19-,20?,21+,22-,23-,24?,25-/m1/s1. The summed E-state index contributed by atoms with van der Waals surface area (Å²) in [6, 6.07) is 0. The maximum atomic E-state index is 12.7. The Hall–Kier alpha value is -0.530. The van der Waals surface area contributed by atoms with Gasteiger partial charge in [0, 0.05) is 0 Å². The van der Waals surface area contributed by atoms with E-state index in [1.165, 1.54) is 70.6 Å². The van der Waals surface area contributed by atoms with E-state index in [1.807, 2.05) is 0 Å². The summed E-state index contributed by atoms with van der Waals surface area (Å²) in [5, 5.41) is 0. The molecule has 2 heteroatoms. The number of hydrogen-bond donors (Lipinski definition) is 0. The van der Waals surface area contributed by atoms with Gasteiger partial charge in [0.2, 0.25) is 0 Å². The molecule has 3 saturated carbocycles. The second-order valence-electron chi connectivity index (χ2n) is 10.6. The lowest BCUT2D eigenvalue weighted by molar-refractivity contribution is -0.157. The van der Waals surface area contributed by atoms with Gasteiger partial charge in [0.1, 0.15) is 6.10 Å². The third-order valence-electron chi connectivity index (χ3n) is 8.53. The van der Waals surface area contributed by atoms with Crippen molar-refractivity contribution < 1.29 is 9.53 Å². The molecule has 0 bridgehead atoms. The van der Waals surface area contributed by atoms with E-state index < -0.39 is 0 Å². The minimum absolute atomic E-state index is 0.136. The van der Waals surface area contributed by atoms with Crippen molar-refractivity contribution >= 4 is 5.97 Å². The first kappa shape index (κ1) is 22.2. The fraction of sp³-hybridized carbons (Fsp3) is 0.962. The zero-order valence-electron chi connectivity index (χ0n) is 19.0. The van der Waals surface area contributed by atoms with E-state index in [1.54, 1.807) is 0 Å². The van der Waals surface area contributed by atoms with Crippen LogP contribution in [0.3, 0.4) is 0 Å². The number of carbonyl (C=O) groups excluding carboxylic acids is 1. The average molecular weight is 391 g/mol. The number of esters is 1. The van der Waals surface area contributed by atoms with E-state index in [9.17, 15) is 4.79 Å². The first-order chi connectivity index (χ1) is 13.6. The summed E-state index contributed by atoms with van der Waals surface area (Å²) in [5.41, 5.74) is 0. The Morgan fingerprint density at radius 3 is 2.00 bits per heavy atom. The van der Waals surface area contributed by atoms with Crippen LogP contribution in [0.1, 0.15) is 117 Å². The van der Waals surface area contributed by atoms with Crippen LogP contribution in [0, 0.1) is 35.5 Å². The van der Waals surface area contributed by atoms with Gasteiger partial charge in [-0.05, 0) is 93.8 Å². The highest BCUT2D eigenvalue weighted by Gasteiger charge is 2.37. The van der Waals surface area contributed by atoms with E-state index in [2.05, 4.69) is 20.8 Å². The van der Waals surface area contributed by atoms with Crippen LogP contribution in [0.15, 0.2) is 0 Å². The maximum Gasteiger partial charge on any atom is 0.309 e. The van der Waals surface area contributed by atoms with Crippen molar-refractivity contribution in [2.75, 3.05) is 0 Å². The second kappa shape index (κ2) is 11.0. The predicted molar refractivity (Wildman–Crippen MR) is 117 cm³/mol. The average Bonchev–Trinajstić information content (AvgIpc) is 2.70. The van der Waals surface area contributed by atoms with E-state index in [0.717, 1.165) is 55.3 Å². The molecule has 3 aliphatic carbocycles. The lowest BCUT2D eigenvalue weighted by Crippen LogP contribution is -2.34. The Morgan fingerprint density at radius 2 is 1.39 bits per heavy atom. The molecule has 0 heterocycles. The Morgan fingerprint density at radius 1 is 0.786 bits per heavy atom. The first-order valence-corrected chi connectivity index (χ1v) is 12.8. The lowest BCUT2D eigenvalue weighted by atomic mass is 9.64. The van der Waals surface area contributed by atoms with Crippen LogP contribution in [0.5, 0.6) is 0 Å². The quantitative estimate of drug-likeness (QED) is 0.419.